The molecule has 13 heavy (non-hydrogen) atoms. The van der Waals surface area contributed by atoms with Gasteiger partial charge in [-0.25, -0.2) is 0 Å². The Kier molecular flexibility index (Phi) is 3.07. The van der Waals surface area contributed by atoms with E-state index in [1.54, 1.807) is 4.90 Å². The number of Topliss-reactive ketones (excluding diaryl/α,β-unsaturated/α-hetero) is 1. The SMILES string of the molecule is CC(=O)N1CCCC1C(=O)C(C)C. The van der Waals surface area contributed by atoms with Gasteiger partial charge in [0, 0.05) is 19.4 Å². The summed E-state index contributed by atoms with van der Waals surface area (Å²) in [5.74, 6) is 0.258. The number of hydrogen-bond donors (Lipinski definition) is 0. The predicted octanol–water partition coefficient (Wildman–Crippen LogP) is 1.22. The molecule has 0 aromatic heterocycles. The van der Waals surface area contributed by atoms with Crippen LogP contribution in [0.25, 0.3) is 0 Å². The van der Waals surface area contributed by atoms with E-state index >= 15 is 0 Å². The minimum atomic E-state index is -0.141. The van der Waals surface area contributed by atoms with E-state index in [2.05, 4.69) is 0 Å². The van der Waals surface area contributed by atoms with E-state index in [4.69, 9.17) is 0 Å². The highest BCUT2D eigenvalue weighted by Gasteiger charge is 2.32. The Labute approximate surface area is 79.1 Å². The van der Waals surface area contributed by atoms with Gasteiger partial charge in [-0.05, 0) is 12.8 Å². The predicted molar refractivity (Wildman–Crippen MR) is 50.3 cm³/mol. The summed E-state index contributed by atoms with van der Waals surface area (Å²) in [6.07, 6.45) is 1.80. The number of carbonyl (C=O) groups is 2. The van der Waals surface area contributed by atoms with Crippen molar-refractivity contribution in [2.75, 3.05) is 6.54 Å². The van der Waals surface area contributed by atoms with Crippen molar-refractivity contribution in [1.29, 1.82) is 0 Å². The molecule has 0 N–H and O–H groups in total. The van der Waals surface area contributed by atoms with Gasteiger partial charge in [0.1, 0.15) is 0 Å². The molecule has 0 spiro atoms. The van der Waals surface area contributed by atoms with Gasteiger partial charge < -0.3 is 4.90 Å². The van der Waals surface area contributed by atoms with E-state index in [1.165, 1.54) is 6.92 Å². The molecule has 74 valence electrons. The first-order chi connectivity index (χ1) is 6.04. The van der Waals surface area contributed by atoms with Crippen molar-refractivity contribution in [3.05, 3.63) is 0 Å². The second-order valence-electron chi connectivity index (χ2n) is 3.93. The fourth-order valence-corrected chi connectivity index (χ4v) is 1.82. The fraction of sp³-hybridized carbons (Fsp3) is 0.800. The normalized spacial score (nSPS) is 22.5. The molecule has 1 amide bonds. The lowest BCUT2D eigenvalue weighted by molar-refractivity contribution is -0.137. The summed E-state index contributed by atoms with van der Waals surface area (Å²) in [6, 6.07) is -0.141. The zero-order chi connectivity index (χ0) is 10.0. The quantitative estimate of drug-likeness (QED) is 0.645. The zero-order valence-corrected chi connectivity index (χ0v) is 8.54. The van der Waals surface area contributed by atoms with E-state index in [-0.39, 0.29) is 23.7 Å². The molecule has 0 aromatic carbocycles. The van der Waals surface area contributed by atoms with Crippen LogP contribution in [0.1, 0.15) is 33.6 Å². The fourth-order valence-electron chi connectivity index (χ4n) is 1.82. The van der Waals surface area contributed by atoms with Crippen molar-refractivity contribution in [2.45, 2.75) is 39.7 Å². The van der Waals surface area contributed by atoms with E-state index in [9.17, 15) is 9.59 Å². The summed E-state index contributed by atoms with van der Waals surface area (Å²) in [4.78, 5) is 24.5. The molecule has 0 bridgehead atoms. The van der Waals surface area contributed by atoms with Gasteiger partial charge in [-0.2, -0.15) is 0 Å². The van der Waals surface area contributed by atoms with Gasteiger partial charge in [0.05, 0.1) is 6.04 Å². The maximum absolute atomic E-state index is 11.7. The molecule has 1 saturated heterocycles. The maximum Gasteiger partial charge on any atom is 0.220 e. The number of amides is 1. The Morgan fingerprint density at radius 1 is 1.38 bits per heavy atom. The second-order valence-corrected chi connectivity index (χ2v) is 3.93. The van der Waals surface area contributed by atoms with Crippen molar-refractivity contribution < 1.29 is 9.59 Å². The molecular weight excluding hydrogens is 166 g/mol. The Bertz CT molecular complexity index is 223. The Balaban J connectivity index is 2.68. The molecule has 1 aliphatic rings. The molecule has 0 aliphatic carbocycles. The number of likely N-dealkylation sites (tertiary alicyclic amines) is 1. The van der Waals surface area contributed by atoms with Gasteiger partial charge >= 0.3 is 0 Å². The Morgan fingerprint density at radius 2 is 2.00 bits per heavy atom. The molecule has 0 aromatic rings. The first-order valence-corrected chi connectivity index (χ1v) is 4.85. The van der Waals surface area contributed by atoms with E-state index < -0.39 is 0 Å². The average Bonchev–Trinajstić information content (AvgIpc) is 2.50. The lowest BCUT2D eigenvalue weighted by Gasteiger charge is -2.23. The maximum atomic E-state index is 11.7. The van der Waals surface area contributed by atoms with Gasteiger partial charge in [0.15, 0.2) is 5.78 Å². The Morgan fingerprint density at radius 3 is 2.46 bits per heavy atom. The molecule has 1 heterocycles. The van der Waals surface area contributed by atoms with Crippen molar-refractivity contribution in [2.24, 2.45) is 5.92 Å². The van der Waals surface area contributed by atoms with E-state index in [1.807, 2.05) is 13.8 Å². The van der Waals surface area contributed by atoms with E-state index in [0.29, 0.717) is 0 Å². The molecule has 1 atom stereocenters. The standard InChI is InChI=1S/C10H17NO2/c1-7(2)10(13)9-5-4-6-11(9)8(3)12/h7,9H,4-6H2,1-3H3. The highest BCUT2D eigenvalue weighted by Crippen LogP contribution is 2.20. The Hall–Kier alpha value is -0.860. The van der Waals surface area contributed by atoms with Gasteiger partial charge in [-0.15, -0.1) is 0 Å². The van der Waals surface area contributed by atoms with Gasteiger partial charge in [-0.1, -0.05) is 13.8 Å². The minimum absolute atomic E-state index is 0.0245. The van der Waals surface area contributed by atoms with Crippen LogP contribution in [0.5, 0.6) is 0 Å². The molecule has 1 fully saturated rings. The van der Waals surface area contributed by atoms with Crippen molar-refractivity contribution in [3.8, 4) is 0 Å². The number of carbonyl (C=O) groups excluding carboxylic acids is 2. The van der Waals surface area contributed by atoms with Crippen LogP contribution < -0.4 is 0 Å². The number of nitrogens with zero attached hydrogens (tertiary/aromatic N) is 1. The van der Waals surface area contributed by atoms with Crippen LogP contribution in [0.15, 0.2) is 0 Å². The van der Waals surface area contributed by atoms with Crippen LogP contribution in [0.4, 0.5) is 0 Å². The summed E-state index contributed by atoms with van der Waals surface area (Å²) in [5.41, 5.74) is 0. The molecule has 0 radical (unpaired) electrons. The minimum Gasteiger partial charge on any atom is -0.333 e. The third-order valence-electron chi connectivity index (χ3n) is 2.55. The van der Waals surface area contributed by atoms with Crippen LogP contribution in [0, 0.1) is 5.92 Å². The third-order valence-corrected chi connectivity index (χ3v) is 2.55. The van der Waals surface area contributed by atoms with Crippen LogP contribution in [-0.4, -0.2) is 29.2 Å². The lowest BCUT2D eigenvalue weighted by atomic mass is 10.00. The molecule has 3 nitrogen and oxygen atoms in total. The van der Waals surface area contributed by atoms with Crippen molar-refractivity contribution >= 4 is 11.7 Å². The molecule has 1 unspecified atom stereocenters. The highest BCUT2D eigenvalue weighted by molar-refractivity contribution is 5.90. The molecule has 1 rings (SSSR count). The summed E-state index contributed by atoms with van der Waals surface area (Å²) < 4.78 is 0. The first-order valence-electron chi connectivity index (χ1n) is 4.85. The van der Waals surface area contributed by atoms with Crippen LogP contribution >= 0.6 is 0 Å². The molecule has 0 saturated carbocycles. The zero-order valence-electron chi connectivity index (χ0n) is 8.54. The molecular formula is C10H17NO2. The van der Waals surface area contributed by atoms with Gasteiger partial charge in [0.2, 0.25) is 5.91 Å². The second kappa shape index (κ2) is 3.90. The van der Waals surface area contributed by atoms with Crippen molar-refractivity contribution in [3.63, 3.8) is 0 Å². The largest absolute Gasteiger partial charge is 0.333 e. The monoisotopic (exact) mass is 183 g/mol. The topological polar surface area (TPSA) is 37.4 Å². The van der Waals surface area contributed by atoms with Crippen LogP contribution in [0.2, 0.25) is 0 Å². The van der Waals surface area contributed by atoms with E-state index in [0.717, 1.165) is 19.4 Å². The summed E-state index contributed by atoms with van der Waals surface area (Å²) in [6.45, 7) is 6.06. The molecule has 1 aliphatic heterocycles. The van der Waals surface area contributed by atoms with Crippen molar-refractivity contribution in [1.82, 2.24) is 4.90 Å². The summed E-state index contributed by atoms with van der Waals surface area (Å²) >= 11 is 0. The smallest absolute Gasteiger partial charge is 0.220 e. The number of rotatable bonds is 2. The lowest BCUT2D eigenvalue weighted by Crippen LogP contribution is -2.40. The van der Waals surface area contributed by atoms with Gasteiger partial charge in [0.25, 0.3) is 0 Å². The van der Waals surface area contributed by atoms with Crippen LogP contribution in [0.3, 0.4) is 0 Å². The summed E-state index contributed by atoms with van der Waals surface area (Å²) in [7, 11) is 0. The van der Waals surface area contributed by atoms with Crippen LogP contribution in [-0.2, 0) is 9.59 Å². The van der Waals surface area contributed by atoms with Gasteiger partial charge in [-0.3, -0.25) is 9.59 Å². The summed E-state index contributed by atoms with van der Waals surface area (Å²) in [5, 5.41) is 0. The molecule has 3 heteroatoms. The third kappa shape index (κ3) is 2.08. The highest BCUT2D eigenvalue weighted by atomic mass is 16.2. The number of ketones is 1. The average molecular weight is 183 g/mol. The number of hydrogen-bond acceptors (Lipinski definition) is 2. The first kappa shape index (κ1) is 10.2.